The Kier molecular flexibility index (Phi) is 4.59. The highest BCUT2D eigenvalue weighted by Crippen LogP contribution is 2.44. The second-order valence-electron chi connectivity index (χ2n) is 7.94. The van der Waals surface area contributed by atoms with Crippen molar-refractivity contribution in [3.05, 3.63) is 23.9 Å². The molecule has 3 aliphatic rings. The molecule has 0 radical (unpaired) electrons. The van der Waals surface area contributed by atoms with E-state index in [1.165, 1.54) is 0 Å². The van der Waals surface area contributed by atoms with Crippen molar-refractivity contribution in [2.75, 3.05) is 24.5 Å². The first-order valence-corrected chi connectivity index (χ1v) is 9.54. The summed E-state index contributed by atoms with van der Waals surface area (Å²) in [5.74, 6) is -0.934. The minimum Gasteiger partial charge on any atom is -0.393 e. The molecule has 1 spiro atoms. The number of aliphatic hydroxyl groups is 1. The molecule has 1 aromatic rings. The zero-order valence-corrected chi connectivity index (χ0v) is 14.8. The molecule has 0 atom stereocenters. The molecule has 3 heterocycles. The predicted molar refractivity (Wildman–Crippen MR) is 92.6 cm³/mol. The first kappa shape index (κ1) is 17.6. The number of anilines is 1. The number of aliphatic hydroxyl groups excluding tert-OH is 1. The standard InChI is InChI=1S/C19H25F2N3O2/c20-13-11-16(21)17(22-12-13)23-8-5-19(6-9-23)7-10-24(18(19)26)14-1-3-15(25)4-2-14/h11-12,14-15,25H,1-10H2/t14-,15+. The highest BCUT2D eigenvalue weighted by molar-refractivity contribution is 5.85. The quantitative estimate of drug-likeness (QED) is 0.875. The van der Waals surface area contributed by atoms with Gasteiger partial charge in [0.15, 0.2) is 11.6 Å². The van der Waals surface area contributed by atoms with E-state index in [1.54, 1.807) is 0 Å². The lowest BCUT2D eigenvalue weighted by Crippen LogP contribution is -2.47. The Bertz CT molecular complexity index is 683. The van der Waals surface area contributed by atoms with E-state index >= 15 is 0 Å². The van der Waals surface area contributed by atoms with Crippen LogP contribution in [0.3, 0.4) is 0 Å². The first-order chi connectivity index (χ1) is 12.5. The van der Waals surface area contributed by atoms with Crippen molar-refractivity contribution in [1.29, 1.82) is 0 Å². The van der Waals surface area contributed by atoms with E-state index in [1.807, 2.05) is 9.80 Å². The molecule has 1 amide bonds. The van der Waals surface area contributed by atoms with Gasteiger partial charge in [0.25, 0.3) is 0 Å². The smallest absolute Gasteiger partial charge is 0.229 e. The van der Waals surface area contributed by atoms with Crippen molar-refractivity contribution < 1.29 is 18.7 Å². The Morgan fingerprint density at radius 1 is 1.08 bits per heavy atom. The topological polar surface area (TPSA) is 56.7 Å². The van der Waals surface area contributed by atoms with Gasteiger partial charge in [0.1, 0.15) is 5.82 Å². The number of hydrogen-bond donors (Lipinski definition) is 1. The number of halogens is 2. The summed E-state index contributed by atoms with van der Waals surface area (Å²) in [5, 5.41) is 9.69. The van der Waals surface area contributed by atoms with Gasteiger partial charge in [-0.25, -0.2) is 13.8 Å². The molecule has 3 fully saturated rings. The predicted octanol–water partition coefficient (Wildman–Crippen LogP) is 2.48. The number of carbonyl (C=O) groups excluding carboxylic acids is 1. The Labute approximate surface area is 152 Å². The maximum Gasteiger partial charge on any atom is 0.229 e. The van der Waals surface area contributed by atoms with E-state index in [9.17, 15) is 18.7 Å². The fourth-order valence-electron chi connectivity index (χ4n) is 4.82. The lowest BCUT2D eigenvalue weighted by molar-refractivity contribution is -0.139. The van der Waals surface area contributed by atoms with Crippen LogP contribution in [0.4, 0.5) is 14.6 Å². The Morgan fingerprint density at radius 3 is 2.38 bits per heavy atom. The SMILES string of the molecule is O=C1N([C@H]2CC[C@@H](O)CC2)CCC12CCN(c1ncc(F)cc1F)CC2. The summed E-state index contributed by atoms with van der Waals surface area (Å²) in [5.41, 5.74) is -0.344. The molecular formula is C19H25F2N3O2. The molecule has 1 saturated carbocycles. The van der Waals surface area contributed by atoms with Gasteiger partial charge in [-0.15, -0.1) is 0 Å². The van der Waals surface area contributed by atoms with Crippen LogP contribution < -0.4 is 4.90 Å². The van der Waals surface area contributed by atoms with Crippen LogP contribution >= 0.6 is 0 Å². The molecule has 4 rings (SSSR count). The maximum absolute atomic E-state index is 14.0. The minimum atomic E-state index is -0.682. The summed E-state index contributed by atoms with van der Waals surface area (Å²) >= 11 is 0. The molecular weight excluding hydrogens is 340 g/mol. The summed E-state index contributed by atoms with van der Waals surface area (Å²) in [7, 11) is 0. The number of aromatic nitrogens is 1. The summed E-state index contributed by atoms with van der Waals surface area (Å²) < 4.78 is 27.0. The Hall–Kier alpha value is -1.76. The third kappa shape index (κ3) is 3.06. The average Bonchev–Trinajstić information content (AvgIpc) is 2.94. The van der Waals surface area contributed by atoms with Gasteiger partial charge in [-0.3, -0.25) is 4.79 Å². The number of likely N-dealkylation sites (tertiary alicyclic amines) is 1. The molecule has 5 nitrogen and oxygen atoms in total. The molecule has 0 bridgehead atoms. The van der Waals surface area contributed by atoms with Crippen molar-refractivity contribution >= 4 is 11.7 Å². The first-order valence-electron chi connectivity index (χ1n) is 9.54. The van der Waals surface area contributed by atoms with Gasteiger partial charge in [-0.1, -0.05) is 0 Å². The van der Waals surface area contributed by atoms with Gasteiger partial charge in [-0.05, 0) is 44.9 Å². The molecule has 1 aliphatic carbocycles. The maximum atomic E-state index is 14.0. The van der Waals surface area contributed by atoms with Crippen LogP contribution in [-0.2, 0) is 4.79 Å². The van der Waals surface area contributed by atoms with Crippen LogP contribution in [0.25, 0.3) is 0 Å². The fraction of sp³-hybridized carbons (Fsp3) is 0.684. The van der Waals surface area contributed by atoms with Crippen LogP contribution in [0.1, 0.15) is 44.9 Å². The molecule has 2 aliphatic heterocycles. The van der Waals surface area contributed by atoms with Gasteiger partial charge in [-0.2, -0.15) is 0 Å². The van der Waals surface area contributed by atoms with E-state index in [-0.39, 0.29) is 29.3 Å². The molecule has 0 unspecified atom stereocenters. The Morgan fingerprint density at radius 2 is 1.73 bits per heavy atom. The zero-order valence-electron chi connectivity index (χ0n) is 14.8. The van der Waals surface area contributed by atoms with Gasteiger partial charge in [0.05, 0.1) is 17.7 Å². The van der Waals surface area contributed by atoms with Crippen LogP contribution in [-0.4, -0.2) is 52.7 Å². The minimum absolute atomic E-state index is 0.171. The Balaban J connectivity index is 1.41. The number of rotatable bonds is 2. The summed E-state index contributed by atoms with van der Waals surface area (Å²) in [6.45, 7) is 1.89. The zero-order chi connectivity index (χ0) is 18.3. The van der Waals surface area contributed by atoms with Crippen LogP contribution in [0.5, 0.6) is 0 Å². The van der Waals surface area contributed by atoms with Crippen LogP contribution in [0, 0.1) is 17.0 Å². The average molecular weight is 365 g/mol. The molecule has 0 aromatic carbocycles. The fourth-order valence-corrected chi connectivity index (χ4v) is 4.82. The van der Waals surface area contributed by atoms with Crippen molar-refractivity contribution in [3.8, 4) is 0 Å². The van der Waals surface area contributed by atoms with E-state index in [0.717, 1.165) is 50.9 Å². The van der Waals surface area contributed by atoms with E-state index in [2.05, 4.69) is 4.98 Å². The van der Waals surface area contributed by atoms with Gasteiger partial charge >= 0.3 is 0 Å². The molecule has 1 aromatic heterocycles. The number of carbonyl (C=O) groups is 1. The molecule has 2 saturated heterocycles. The second-order valence-corrected chi connectivity index (χ2v) is 7.94. The summed E-state index contributed by atoms with van der Waals surface area (Å²) in [6.07, 6.45) is 6.29. The molecule has 142 valence electrons. The second kappa shape index (κ2) is 6.76. The largest absolute Gasteiger partial charge is 0.393 e. The summed E-state index contributed by atoms with van der Waals surface area (Å²) in [6, 6.07) is 1.10. The van der Waals surface area contributed by atoms with Gasteiger partial charge in [0, 0.05) is 31.7 Å². The van der Waals surface area contributed by atoms with Crippen molar-refractivity contribution in [2.24, 2.45) is 5.41 Å². The van der Waals surface area contributed by atoms with Crippen molar-refractivity contribution in [1.82, 2.24) is 9.88 Å². The number of piperidine rings is 1. The lowest BCUT2D eigenvalue weighted by Gasteiger charge is -2.40. The van der Waals surface area contributed by atoms with E-state index in [4.69, 9.17) is 0 Å². The molecule has 1 N–H and O–H groups in total. The summed E-state index contributed by atoms with van der Waals surface area (Å²) in [4.78, 5) is 20.8. The van der Waals surface area contributed by atoms with E-state index in [0.29, 0.717) is 25.9 Å². The van der Waals surface area contributed by atoms with Crippen molar-refractivity contribution in [2.45, 2.75) is 57.1 Å². The highest BCUT2D eigenvalue weighted by Gasteiger charge is 2.50. The van der Waals surface area contributed by atoms with E-state index < -0.39 is 11.6 Å². The molecule has 7 heteroatoms. The van der Waals surface area contributed by atoms with Gasteiger partial charge in [0.2, 0.25) is 5.91 Å². The number of pyridine rings is 1. The lowest BCUT2D eigenvalue weighted by atomic mass is 9.77. The van der Waals surface area contributed by atoms with Crippen LogP contribution in [0.15, 0.2) is 12.3 Å². The number of amides is 1. The van der Waals surface area contributed by atoms with Crippen molar-refractivity contribution in [3.63, 3.8) is 0 Å². The third-order valence-corrected chi connectivity index (χ3v) is 6.46. The number of nitrogens with zero attached hydrogens (tertiary/aromatic N) is 3. The third-order valence-electron chi connectivity index (χ3n) is 6.46. The normalized spacial score (nSPS) is 28.8. The highest BCUT2D eigenvalue weighted by atomic mass is 19.1. The van der Waals surface area contributed by atoms with Crippen LogP contribution in [0.2, 0.25) is 0 Å². The monoisotopic (exact) mass is 365 g/mol. The van der Waals surface area contributed by atoms with Gasteiger partial charge < -0.3 is 14.9 Å². The number of hydrogen-bond acceptors (Lipinski definition) is 4. The molecule has 26 heavy (non-hydrogen) atoms.